The van der Waals surface area contributed by atoms with E-state index in [-0.39, 0.29) is 5.82 Å². The minimum absolute atomic E-state index is 0.287. The molecule has 1 aromatic heterocycles. The first-order valence-corrected chi connectivity index (χ1v) is 5.40. The van der Waals surface area contributed by atoms with Gasteiger partial charge < -0.3 is 0 Å². The summed E-state index contributed by atoms with van der Waals surface area (Å²) in [5, 5.41) is 4.02. The number of carbonyl (C=O) groups is 1. The summed E-state index contributed by atoms with van der Waals surface area (Å²) in [6.07, 6.45) is 3.87. The van der Waals surface area contributed by atoms with Gasteiger partial charge in [0.15, 0.2) is 6.29 Å². The predicted octanol–water partition coefficient (Wildman–Crippen LogP) is 2.65. The average Bonchev–Trinajstić information content (AvgIpc) is 2.70. The molecule has 0 saturated heterocycles. The Morgan fingerprint density at radius 3 is 2.94 bits per heavy atom. The summed E-state index contributed by atoms with van der Waals surface area (Å²) >= 11 is 3.28. The van der Waals surface area contributed by atoms with E-state index in [1.807, 2.05) is 0 Å². The van der Waals surface area contributed by atoms with Gasteiger partial charge in [-0.25, -0.2) is 4.39 Å². The van der Waals surface area contributed by atoms with E-state index in [9.17, 15) is 9.18 Å². The number of aromatic nitrogens is 2. The van der Waals surface area contributed by atoms with Crippen LogP contribution in [0.4, 0.5) is 4.39 Å². The second-order valence-electron chi connectivity index (χ2n) is 3.32. The van der Waals surface area contributed by atoms with Gasteiger partial charge in [-0.15, -0.1) is 0 Å². The minimum Gasteiger partial charge on any atom is -0.298 e. The molecule has 0 atom stereocenters. The molecule has 5 heteroatoms. The Labute approximate surface area is 100 Å². The third kappa shape index (κ3) is 2.36. The van der Waals surface area contributed by atoms with Gasteiger partial charge in [0.2, 0.25) is 0 Å². The lowest BCUT2D eigenvalue weighted by Crippen LogP contribution is -2.00. The molecule has 2 aromatic rings. The maximum absolute atomic E-state index is 12.8. The Balaban J connectivity index is 2.23. The fourth-order valence-corrected chi connectivity index (χ4v) is 1.83. The highest BCUT2D eigenvalue weighted by Crippen LogP contribution is 2.18. The summed E-state index contributed by atoms with van der Waals surface area (Å²) in [5.74, 6) is -0.287. The number of aldehydes is 1. The van der Waals surface area contributed by atoms with Crippen molar-refractivity contribution in [3.63, 3.8) is 0 Å². The third-order valence-corrected chi connectivity index (χ3v) is 2.87. The van der Waals surface area contributed by atoms with Crippen LogP contribution in [0.5, 0.6) is 0 Å². The summed E-state index contributed by atoms with van der Waals surface area (Å²) in [6.45, 7) is 0.495. The number of halogens is 2. The average molecular weight is 283 g/mol. The van der Waals surface area contributed by atoms with Gasteiger partial charge in [0.25, 0.3) is 0 Å². The molecule has 0 N–H and O–H groups in total. The van der Waals surface area contributed by atoms with Gasteiger partial charge in [-0.2, -0.15) is 5.10 Å². The highest BCUT2D eigenvalue weighted by Gasteiger charge is 2.03. The van der Waals surface area contributed by atoms with Crippen LogP contribution >= 0.6 is 15.9 Å². The van der Waals surface area contributed by atoms with Crippen molar-refractivity contribution in [2.45, 2.75) is 6.54 Å². The standard InChI is InChI=1S/C11H8BrFN2O/c12-11-3-10(13)2-1-9(11)6-15-5-8(7-16)4-14-15/h1-5,7H,6H2. The van der Waals surface area contributed by atoms with Crippen molar-refractivity contribution < 1.29 is 9.18 Å². The van der Waals surface area contributed by atoms with Crippen LogP contribution in [0.3, 0.4) is 0 Å². The number of rotatable bonds is 3. The molecule has 0 aliphatic carbocycles. The zero-order valence-electron chi connectivity index (χ0n) is 8.23. The molecule has 0 bridgehead atoms. The molecule has 0 radical (unpaired) electrons. The number of carbonyl (C=O) groups excluding carboxylic acids is 1. The molecule has 1 aromatic carbocycles. The van der Waals surface area contributed by atoms with Crippen molar-refractivity contribution in [2.24, 2.45) is 0 Å². The maximum Gasteiger partial charge on any atom is 0.153 e. The van der Waals surface area contributed by atoms with E-state index in [0.29, 0.717) is 16.6 Å². The number of hydrogen-bond acceptors (Lipinski definition) is 2. The summed E-state index contributed by atoms with van der Waals surface area (Å²) in [5.41, 5.74) is 1.43. The zero-order chi connectivity index (χ0) is 11.5. The molecule has 16 heavy (non-hydrogen) atoms. The van der Waals surface area contributed by atoms with Crippen LogP contribution in [-0.4, -0.2) is 16.1 Å². The lowest BCUT2D eigenvalue weighted by atomic mass is 10.2. The molecule has 0 spiro atoms. The van der Waals surface area contributed by atoms with E-state index in [1.165, 1.54) is 18.3 Å². The third-order valence-electron chi connectivity index (χ3n) is 2.14. The van der Waals surface area contributed by atoms with Gasteiger partial charge in [0.05, 0.1) is 18.3 Å². The molecule has 0 aliphatic heterocycles. The van der Waals surface area contributed by atoms with Crippen LogP contribution in [0.2, 0.25) is 0 Å². The van der Waals surface area contributed by atoms with E-state index in [1.54, 1.807) is 16.9 Å². The minimum atomic E-state index is -0.287. The Kier molecular flexibility index (Phi) is 3.14. The second kappa shape index (κ2) is 4.57. The van der Waals surface area contributed by atoms with Crippen molar-refractivity contribution in [1.29, 1.82) is 0 Å². The van der Waals surface area contributed by atoms with Crippen molar-refractivity contribution in [3.8, 4) is 0 Å². The predicted molar refractivity (Wildman–Crippen MR) is 60.8 cm³/mol. The Morgan fingerprint density at radius 2 is 2.31 bits per heavy atom. The van der Waals surface area contributed by atoms with Gasteiger partial charge >= 0.3 is 0 Å². The van der Waals surface area contributed by atoms with Gasteiger partial charge in [-0.05, 0) is 17.7 Å². The van der Waals surface area contributed by atoms with Crippen molar-refractivity contribution in [1.82, 2.24) is 9.78 Å². The second-order valence-corrected chi connectivity index (χ2v) is 4.18. The van der Waals surface area contributed by atoms with Crippen LogP contribution in [0, 0.1) is 5.82 Å². The summed E-state index contributed by atoms with van der Waals surface area (Å²) < 4.78 is 15.2. The van der Waals surface area contributed by atoms with E-state index in [0.717, 1.165) is 11.8 Å². The van der Waals surface area contributed by atoms with Crippen LogP contribution in [0.1, 0.15) is 15.9 Å². The van der Waals surface area contributed by atoms with Crippen molar-refractivity contribution in [2.75, 3.05) is 0 Å². The zero-order valence-corrected chi connectivity index (χ0v) is 9.82. The van der Waals surface area contributed by atoms with Gasteiger partial charge in [0, 0.05) is 10.7 Å². The van der Waals surface area contributed by atoms with Crippen LogP contribution in [0.15, 0.2) is 35.1 Å². The molecular weight excluding hydrogens is 275 g/mol. The Morgan fingerprint density at radius 1 is 1.50 bits per heavy atom. The quantitative estimate of drug-likeness (QED) is 0.812. The van der Waals surface area contributed by atoms with Crippen LogP contribution < -0.4 is 0 Å². The van der Waals surface area contributed by atoms with E-state index in [2.05, 4.69) is 21.0 Å². The van der Waals surface area contributed by atoms with Crippen molar-refractivity contribution in [3.05, 3.63) is 52.0 Å². The topological polar surface area (TPSA) is 34.9 Å². The summed E-state index contributed by atoms with van der Waals surface area (Å²) in [7, 11) is 0. The molecule has 0 saturated carbocycles. The highest BCUT2D eigenvalue weighted by atomic mass is 79.9. The van der Waals surface area contributed by atoms with E-state index >= 15 is 0 Å². The monoisotopic (exact) mass is 282 g/mol. The molecule has 3 nitrogen and oxygen atoms in total. The number of nitrogens with zero attached hydrogens (tertiary/aromatic N) is 2. The fraction of sp³-hybridized carbons (Fsp3) is 0.0909. The Hall–Kier alpha value is -1.49. The smallest absolute Gasteiger partial charge is 0.153 e. The van der Waals surface area contributed by atoms with Gasteiger partial charge in [-0.3, -0.25) is 9.48 Å². The molecule has 1 heterocycles. The first-order valence-electron chi connectivity index (χ1n) is 4.60. The molecule has 0 fully saturated rings. The molecular formula is C11H8BrFN2O. The van der Waals surface area contributed by atoms with Crippen LogP contribution in [0.25, 0.3) is 0 Å². The Bertz CT molecular complexity index is 524. The van der Waals surface area contributed by atoms with Crippen molar-refractivity contribution >= 4 is 22.2 Å². The first kappa shape index (κ1) is 11.0. The van der Waals surface area contributed by atoms with Crippen LogP contribution in [-0.2, 0) is 6.54 Å². The molecule has 0 aliphatic rings. The lowest BCUT2D eigenvalue weighted by Gasteiger charge is -2.04. The highest BCUT2D eigenvalue weighted by molar-refractivity contribution is 9.10. The SMILES string of the molecule is O=Cc1cnn(Cc2ccc(F)cc2Br)c1. The number of hydrogen-bond donors (Lipinski definition) is 0. The van der Waals surface area contributed by atoms with E-state index in [4.69, 9.17) is 0 Å². The number of benzene rings is 1. The summed E-state index contributed by atoms with van der Waals surface area (Å²) in [6, 6.07) is 4.48. The normalized spacial score (nSPS) is 10.4. The fourth-order valence-electron chi connectivity index (χ4n) is 1.35. The molecule has 2 rings (SSSR count). The largest absolute Gasteiger partial charge is 0.298 e. The lowest BCUT2D eigenvalue weighted by molar-refractivity contribution is 0.112. The molecule has 0 unspecified atom stereocenters. The molecule has 82 valence electrons. The first-order chi connectivity index (χ1) is 7.69. The maximum atomic E-state index is 12.8. The molecule has 0 amide bonds. The van der Waals surface area contributed by atoms with Gasteiger partial charge in [0.1, 0.15) is 5.82 Å². The van der Waals surface area contributed by atoms with Gasteiger partial charge in [-0.1, -0.05) is 22.0 Å². The summed E-state index contributed by atoms with van der Waals surface area (Å²) in [4.78, 5) is 10.5. The van der Waals surface area contributed by atoms with E-state index < -0.39 is 0 Å².